The van der Waals surface area contributed by atoms with Crippen molar-refractivity contribution in [1.29, 1.82) is 0 Å². The molecule has 0 saturated heterocycles. The van der Waals surface area contributed by atoms with Gasteiger partial charge in [0.15, 0.2) is 0 Å². The first-order valence-corrected chi connectivity index (χ1v) is 10.6. The third-order valence-corrected chi connectivity index (χ3v) is 6.13. The van der Waals surface area contributed by atoms with Crippen molar-refractivity contribution in [3.8, 4) is 0 Å². The zero-order valence-corrected chi connectivity index (χ0v) is 17.4. The molecule has 0 saturated carbocycles. The standard InChI is InChI=1S/C23H23NO4S/c1-16-12-13-21(17(2)14-16)22(18-8-5-4-6-9-18)24-29(26,27)20-11-7-10-19(15-20)23(25)28-3/h4-15,22,24H,1-3H3. The second-order valence-electron chi connectivity index (χ2n) is 6.84. The summed E-state index contributed by atoms with van der Waals surface area (Å²) in [5, 5.41) is 0. The maximum absolute atomic E-state index is 13.2. The molecule has 1 atom stereocenters. The summed E-state index contributed by atoms with van der Waals surface area (Å²) in [4.78, 5) is 11.8. The fourth-order valence-corrected chi connectivity index (χ4v) is 4.49. The highest BCUT2D eigenvalue weighted by atomic mass is 32.2. The molecule has 3 aromatic carbocycles. The number of aryl methyl sites for hydroxylation is 2. The number of rotatable bonds is 6. The van der Waals surface area contributed by atoms with Gasteiger partial charge < -0.3 is 4.74 Å². The largest absolute Gasteiger partial charge is 0.465 e. The lowest BCUT2D eigenvalue weighted by Crippen LogP contribution is -2.30. The summed E-state index contributed by atoms with van der Waals surface area (Å²) in [6.45, 7) is 3.96. The Bertz CT molecular complexity index is 1120. The SMILES string of the molecule is COC(=O)c1cccc(S(=O)(=O)NC(c2ccccc2)c2ccc(C)cc2C)c1. The quantitative estimate of drug-likeness (QED) is 0.621. The molecule has 3 rings (SSSR count). The maximum atomic E-state index is 13.2. The van der Waals surface area contributed by atoms with Crippen LogP contribution in [0.3, 0.4) is 0 Å². The van der Waals surface area contributed by atoms with Crippen molar-refractivity contribution < 1.29 is 17.9 Å². The maximum Gasteiger partial charge on any atom is 0.337 e. The van der Waals surface area contributed by atoms with Crippen molar-refractivity contribution >= 4 is 16.0 Å². The van der Waals surface area contributed by atoms with E-state index in [0.717, 1.165) is 22.3 Å². The molecule has 0 bridgehead atoms. The van der Waals surface area contributed by atoms with Crippen LogP contribution in [-0.4, -0.2) is 21.5 Å². The molecule has 5 nitrogen and oxygen atoms in total. The minimum absolute atomic E-state index is 0.00564. The van der Waals surface area contributed by atoms with E-state index in [1.807, 2.05) is 62.4 Å². The van der Waals surface area contributed by atoms with Crippen LogP contribution in [0.1, 0.15) is 38.7 Å². The number of sulfonamides is 1. The number of ether oxygens (including phenoxy) is 1. The molecule has 6 heteroatoms. The van der Waals surface area contributed by atoms with Gasteiger partial charge in [0.05, 0.1) is 23.6 Å². The van der Waals surface area contributed by atoms with Crippen molar-refractivity contribution in [2.45, 2.75) is 24.8 Å². The monoisotopic (exact) mass is 409 g/mol. The van der Waals surface area contributed by atoms with Gasteiger partial charge in [-0.2, -0.15) is 4.72 Å². The van der Waals surface area contributed by atoms with Crippen LogP contribution in [0.4, 0.5) is 0 Å². The summed E-state index contributed by atoms with van der Waals surface area (Å²) >= 11 is 0. The van der Waals surface area contributed by atoms with E-state index in [2.05, 4.69) is 4.72 Å². The van der Waals surface area contributed by atoms with Crippen LogP contribution >= 0.6 is 0 Å². The molecule has 0 fully saturated rings. The Morgan fingerprint density at radius 1 is 0.931 bits per heavy atom. The van der Waals surface area contributed by atoms with E-state index < -0.39 is 22.0 Å². The molecule has 3 aromatic rings. The first kappa shape index (κ1) is 20.8. The number of esters is 1. The van der Waals surface area contributed by atoms with Gasteiger partial charge in [0.2, 0.25) is 10.0 Å². The number of nitrogens with one attached hydrogen (secondary N) is 1. The minimum Gasteiger partial charge on any atom is -0.465 e. The van der Waals surface area contributed by atoms with Crippen LogP contribution in [0.15, 0.2) is 77.7 Å². The van der Waals surface area contributed by atoms with Crippen molar-refractivity contribution in [2.24, 2.45) is 0 Å². The third kappa shape index (κ3) is 4.72. The predicted octanol–water partition coefficient (Wildman–Crippen LogP) is 4.16. The second kappa shape index (κ2) is 8.59. The van der Waals surface area contributed by atoms with E-state index in [-0.39, 0.29) is 10.5 Å². The molecule has 1 N–H and O–H groups in total. The topological polar surface area (TPSA) is 72.5 Å². The average molecular weight is 410 g/mol. The molecule has 0 aliphatic rings. The minimum atomic E-state index is -3.90. The summed E-state index contributed by atoms with van der Waals surface area (Å²) in [5.41, 5.74) is 3.97. The van der Waals surface area contributed by atoms with Gasteiger partial charge in [-0.15, -0.1) is 0 Å². The van der Waals surface area contributed by atoms with Gasteiger partial charge in [-0.25, -0.2) is 13.2 Å². The molecule has 29 heavy (non-hydrogen) atoms. The van der Waals surface area contributed by atoms with E-state index >= 15 is 0 Å². The van der Waals surface area contributed by atoms with Crippen LogP contribution in [0.25, 0.3) is 0 Å². The summed E-state index contributed by atoms with van der Waals surface area (Å²) < 4.78 is 33.8. The van der Waals surface area contributed by atoms with Crippen LogP contribution < -0.4 is 4.72 Å². The van der Waals surface area contributed by atoms with Crippen molar-refractivity contribution in [2.75, 3.05) is 7.11 Å². The van der Waals surface area contributed by atoms with Gasteiger partial charge in [0, 0.05) is 0 Å². The highest BCUT2D eigenvalue weighted by molar-refractivity contribution is 7.89. The fourth-order valence-electron chi connectivity index (χ4n) is 3.24. The van der Waals surface area contributed by atoms with Crippen LogP contribution in [0.5, 0.6) is 0 Å². The van der Waals surface area contributed by atoms with Gasteiger partial charge in [0.1, 0.15) is 0 Å². The Hall–Kier alpha value is -2.96. The predicted molar refractivity (Wildman–Crippen MR) is 112 cm³/mol. The van der Waals surface area contributed by atoms with Crippen LogP contribution in [0, 0.1) is 13.8 Å². The second-order valence-corrected chi connectivity index (χ2v) is 8.56. The zero-order chi connectivity index (χ0) is 21.0. The lowest BCUT2D eigenvalue weighted by Gasteiger charge is -2.22. The van der Waals surface area contributed by atoms with Gasteiger partial charge in [-0.05, 0) is 48.7 Å². The normalized spacial score (nSPS) is 12.4. The van der Waals surface area contributed by atoms with E-state index in [1.54, 1.807) is 0 Å². The van der Waals surface area contributed by atoms with Crippen molar-refractivity contribution in [3.05, 3.63) is 101 Å². The molecule has 1 unspecified atom stereocenters. The highest BCUT2D eigenvalue weighted by Gasteiger charge is 2.25. The Kier molecular flexibility index (Phi) is 6.15. The van der Waals surface area contributed by atoms with Crippen LogP contribution in [-0.2, 0) is 14.8 Å². The van der Waals surface area contributed by atoms with Gasteiger partial charge in [0.25, 0.3) is 0 Å². The van der Waals surface area contributed by atoms with E-state index in [9.17, 15) is 13.2 Å². The summed E-state index contributed by atoms with van der Waals surface area (Å²) in [7, 11) is -2.65. The molecule has 0 amide bonds. The van der Waals surface area contributed by atoms with Gasteiger partial charge in [-0.1, -0.05) is 60.2 Å². The molecule has 0 spiro atoms. The van der Waals surface area contributed by atoms with Crippen molar-refractivity contribution in [1.82, 2.24) is 4.72 Å². The number of carbonyl (C=O) groups excluding carboxylic acids is 1. The van der Waals surface area contributed by atoms with Crippen molar-refractivity contribution in [3.63, 3.8) is 0 Å². The third-order valence-electron chi connectivity index (χ3n) is 4.71. The van der Waals surface area contributed by atoms with E-state index in [1.165, 1.54) is 31.4 Å². The fraction of sp³-hybridized carbons (Fsp3) is 0.174. The zero-order valence-electron chi connectivity index (χ0n) is 16.5. The van der Waals surface area contributed by atoms with E-state index in [0.29, 0.717) is 0 Å². The molecular weight excluding hydrogens is 386 g/mol. The molecular formula is C23H23NO4S. The number of hydrogen-bond acceptors (Lipinski definition) is 4. The molecule has 150 valence electrons. The Morgan fingerprint density at radius 3 is 2.31 bits per heavy atom. The smallest absolute Gasteiger partial charge is 0.337 e. The number of benzene rings is 3. The number of hydrogen-bond donors (Lipinski definition) is 1. The summed E-state index contributed by atoms with van der Waals surface area (Å²) in [6, 6.07) is 20.6. The molecule has 0 aromatic heterocycles. The lowest BCUT2D eigenvalue weighted by molar-refractivity contribution is 0.0600. The summed E-state index contributed by atoms with van der Waals surface area (Å²) in [6.07, 6.45) is 0. The van der Waals surface area contributed by atoms with E-state index in [4.69, 9.17) is 4.74 Å². The number of carbonyl (C=O) groups is 1. The average Bonchev–Trinajstić information content (AvgIpc) is 2.72. The Balaban J connectivity index is 2.05. The number of methoxy groups -OCH3 is 1. The molecule has 0 heterocycles. The first-order valence-electron chi connectivity index (χ1n) is 9.14. The van der Waals surface area contributed by atoms with Crippen LogP contribution in [0.2, 0.25) is 0 Å². The Labute approximate surface area is 171 Å². The Morgan fingerprint density at radius 2 is 1.66 bits per heavy atom. The first-order chi connectivity index (χ1) is 13.8. The summed E-state index contributed by atoms with van der Waals surface area (Å²) in [5.74, 6) is -0.587. The van der Waals surface area contributed by atoms with Gasteiger partial charge >= 0.3 is 5.97 Å². The highest BCUT2D eigenvalue weighted by Crippen LogP contribution is 2.28. The molecule has 0 aliphatic heterocycles. The molecule has 0 radical (unpaired) electrons. The van der Waals surface area contributed by atoms with Gasteiger partial charge in [-0.3, -0.25) is 0 Å². The molecule has 0 aliphatic carbocycles. The lowest BCUT2D eigenvalue weighted by atomic mass is 9.95.